The van der Waals surface area contributed by atoms with Crippen molar-refractivity contribution in [3.63, 3.8) is 0 Å². The van der Waals surface area contributed by atoms with Gasteiger partial charge < -0.3 is 16.0 Å². The molecule has 0 aliphatic heterocycles. The Kier molecular flexibility index (Phi) is 3.36. The number of nitrogen functional groups attached to an aromatic ring is 1. The Morgan fingerprint density at radius 2 is 2.10 bits per heavy atom. The Hall–Kier alpha value is -2.55. The molecule has 9 heteroatoms. The zero-order chi connectivity index (χ0) is 14.9. The number of aromatic nitrogens is 2. The van der Waals surface area contributed by atoms with E-state index in [2.05, 4.69) is 9.71 Å². The van der Waals surface area contributed by atoms with Crippen LogP contribution >= 0.6 is 0 Å². The summed E-state index contributed by atoms with van der Waals surface area (Å²) < 4.78 is 28.0. The Bertz CT molecular complexity index is 749. The fourth-order valence-electron chi connectivity index (χ4n) is 1.61. The van der Waals surface area contributed by atoms with Gasteiger partial charge in [0.2, 0.25) is 0 Å². The molecule has 2 rings (SSSR count). The van der Waals surface area contributed by atoms with Gasteiger partial charge in [-0.3, -0.25) is 9.52 Å². The van der Waals surface area contributed by atoms with E-state index >= 15 is 0 Å². The average molecular weight is 295 g/mol. The average Bonchev–Trinajstić information content (AvgIpc) is 2.75. The van der Waals surface area contributed by atoms with Crippen molar-refractivity contribution in [2.45, 2.75) is 4.90 Å². The molecule has 1 amide bonds. The molecular weight excluding hydrogens is 282 g/mol. The Morgan fingerprint density at radius 1 is 1.40 bits per heavy atom. The summed E-state index contributed by atoms with van der Waals surface area (Å²) in [5, 5.41) is 0. The fraction of sp³-hybridized carbons (Fsp3) is 0.0909. The van der Waals surface area contributed by atoms with Crippen molar-refractivity contribution in [2.75, 3.05) is 10.5 Å². The first-order chi connectivity index (χ1) is 9.29. The number of anilines is 2. The highest BCUT2D eigenvalue weighted by molar-refractivity contribution is 7.92. The van der Waals surface area contributed by atoms with Crippen LogP contribution in [-0.4, -0.2) is 23.9 Å². The van der Waals surface area contributed by atoms with Crippen LogP contribution in [-0.2, 0) is 17.1 Å². The number of rotatable bonds is 4. The first-order valence-electron chi connectivity index (χ1n) is 5.50. The van der Waals surface area contributed by atoms with Crippen molar-refractivity contribution in [1.82, 2.24) is 9.55 Å². The molecule has 0 saturated heterocycles. The molecule has 0 spiro atoms. The van der Waals surface area contributed by atoms with Gasteiger partial charge in [-0.05, 0) is 18.2 Å². The molecule has 2 aromatic rings. The van der Waals surface area contributed by atoms with E-state index in [1.807, 2.05) is 0 Å². The van der Waals surface area contributed by atoms with Crippen LogP contribution in [0.4, 0.5) is 11.5 Å². The van der Waals surface area contributed by atoms with Crippen LogP contribution in [0.15, 0.2) is 35.5 Å². The molecule has 0 unspecified atom stereocenters. The van der Waals surface area contributed by atoms with E-state index in [1.54, 1.807) is 0 Å². The maximum absolute atomic E-state index is 12.1. The highest BCUT2D eigenvalue weighted by atomic mass is 32.2. The molecule has 0 bridgehead atoms. The normalized spacial score (nSPS) is 11.2. The van der Waals surface area contributed by atoms with E-state index < -0.39 is 15.9 Å². The van der Waals surface area contributed by atoms with E-state index in [0.717, 1.165) is 0 Å². The van der Waals surface area contributed by atoms with Gasteiger partial charge in [-0.1, -0.05) is 0 Å². The lowest BCUT2D eigenvalue weighted by atomic mass is 10.4. The van der Waals surface area contributed by atoms with Crippen molar-refractivity contribution in [2.24, 2.45) is 12.8 Å². The molecule has 2 heterocycles. The van der Waals surface area contributed by atoms with E-state index in [-0.39, 0.29) is 22.1 Å². The van der Waals surface area contributed by atoms with Gasteiger partial charge in [0.15, 0.2) is 0 Å². The summed E-state index contributed by atoms with van der Waals surface area (Å²) in [6.07, 6.45) is 2.60. The molecule has 5 N–H and O–H groups in total. The third-order valence-corrected chi connectivity index (χ3v) is 3.93. The summed E-state index contributed by atoms with van der Waals surface area (Å²) in [7, 11) is -2.29. The fourth-order valence-corrected chi connectivity index (χ4v) is 2.72. The van der Waals surface area contributed by atoms with Crippen molar-refractivity contribution in [3.05, 3.63) is 36.3 Å². The number of amides is 1. The first-order valence-corrected chi connectivity index (χ1v) is 6.98. The standard InChI is InChI=1S/C11H13N5O3S/c1-16-6-8(4-9(16)11(13)17)20(18,19)15-7-2-3-10(12)14-5-7/h2-6,15H,1H3,(H2,12,14)(H2,13,17). The SMILES string of the molecule is Cn1cc(S(=O)(=O)Nc2ccc(N)nc2)cc1C(N)=O. The van der Waals surface area contributed by atoms with Gasteiger partial charge in [-0.2, -0.15) is 0 Å². The highest BCUT2D eigenvalue weighted by Crippen LogP contribution is 2.18. The summed E-state index contributed by atoms with van der Waals surface area (Å²) in [4.78, 5) is 14.8. The zero-order valence-electron chi connectivity index (χ0n) is 10.6. The van der Waals surface area contributed by atoms with E-state index in [1.165, 1.54) is 42.2 Å². The molecular formula is C11H13N5O3S. The first kappa shape index (κ1) is 13.9. The topological polar surface area (TPSA) is 133 Å². The van der Waals surface area contributed by atoms with Gasteiger partial charge in [0.1, 0.15) is 16.4 Å². The Balaban J connectivity index is 2.33. The number of carbonyl (C=O) groups is 1. The van der Waals surface area contributed by atoms with E-state index in [0.29, 0.717) is 0 Å². The summed E-state index contributed by atoms with van der Waals surface area (Å²) >= 11 is 0. The van der Waals surface area contributed by atoms with Gasteiger partial charge >= 0.3 is 0 Å². The third-order valence-electron chi connectivity index (χ3n) is 2.58. The maximum Gasteiger partial charge on any atom is 0.265 e. The second-order valence-corrected chi connectivity index (χ2v) is 5.80. The number of aryl methyl sites for hydroxylation is 1. The minimum Gasteiger partial charge on any atom is -0.384 e. The number of nitrogens with two attached hydrogens (primary N) is 2. The number of hydrogen-bond acceptors (Lipinski definition) is 5. The predicted molar refractivity (Wildman–Crippen MR) is 73.4 cm³/mol. The van der Waals surface area contributed by atoms with Crippen LogP contribution in [0, 0.1) is 0 Å². The number of pyridine rings is 1. The Morgan fingerprint density at radius 3 is 2.60 bits per heavy atom. The van der Waals surface area contributed by atoms with Crippen LogP contribution in [0.25, 0.3) is 0 Å². The molecule has 106 valence electrons. The van der Waals surface area contributed by atoms with Gasteiger partial charge in [0, 0.05) is 13.2 Å². The molecule has 0 aliphatic carbocycles. The quantitative estimate of drug-likeness (QED) is 0.724. The third kappa shape index (κ3) is 2.72. The molecule has 0 atom stereocenters. The van der Waals surface area contributed by atoms with Crippen molar-refractivity contribution >= 4 is 27.4 Å². The monoisotopic (exact) mass is 295 g/mol. The highest BCUT2D eigenvalue weighted by Gasteiger charge is 2.19. The molecule has 0 fully saturated rings. The number of carbonyl (C=O) groups excluding carboxylic acids is 1. The van der Waals surface area contributed by atoms with Crippen molar-refractivity contribution in [1.29, 1.82) is 0 Å². The summed E-state index contributed by atoms with van der Waals surface area (Å²) in [5.74, 6) is -0.424. The predicted octanol–water partition coefficient (Wildman–Crippen LogP) is -0.0980. The largest absolute Gasteiger partial charge is 0.384 e. The summed E-state index contributed by atoms with van der Waals surface area (Å²) in [6, 6.07) is 4.16. The minimum absolute atomic E-state index is 0.0642. The molecule has 0 aromatic carbocycles. The number of primary amides is 1. The number of sulfonamides is 1. The van der Waals surface area contributed by atoms with Gasteiger partial charge in [0.25, 0.3) is 15.9 Å². The molecule has 0 saturated carbocycles. The maximum atomic E-state index is 12.1. The number of hydrogen-bond donors (Lipinski definition) is 3. The lowest BCUT2D eigenvalue weighted by molar-refractivity contribution is 0.0992. The van der Waals surface area contributed by atoms with Crippen LogP contribution in [0.5, 0.6) is 0 Å². The van der Waals surface area contributed by atoms with E-state index in [4.69, 9.17) is 11.5 Å². The number of nitrogens with zero attached hydrogens (tertiary/aromatic N) is 2. The van der Waals surface area contributed by atoms with Crippen LogP contribution in [0.2, 0.25) is 0 Å². The molecule has 0 radical (unpaired) electrons. The van der Waals surface area contributed by atoms with Crippen LogP contribution in [0.3, 0.4) is 0 Å². The minimum atomic E-state index is -3.82. The lowest BCUT2D eigenvalue weighted by Gasteiger charge is -2.05. The molecule has 20 heavy (non-hydrogen) atoms. The summed E-state index contributed by atoms with van der Waals surface area (Å²) in [5.41, 5.74) is 10.9. The second kappa shape index (κ2) is 4.85. The van der Waals surface area contributed by atoms with Gasteiger partial charge in [-0.15, -0.1) is 0 Å². The summed E-state index contributed by atoms with van der Waals surface area (Å²) in [6.45, 7) is 0. The zero-order valence-corrected chi connectivity index (χ0v) is 11.4. The molecule has 0 aliphatic rings. The van der Waals surface area contributed by atoms with Crippen molar-refractivity contribution < 1.29 is 13.2 Å². The smallest absolute Gasteiger partial charge is 0.265 e. The Labute approximate surface area is 115 Å². The second-order valence-electron chi connectivity index (χ2n) is 4.11. The van der Waals surface area contributed by atoms with Gasteiger partial charge in [-0.25, -0.2) is 13.4 Å². The molecule has 2 aromatic heterocycles. The van der Waals surface area contributed by atoms with Crippen LogP contribution in [0.1, 0.15) is 10.5 Å². The van der Waals surface area contributed by atoms with Crippen LogP contribution < -0.4 is 16.2 Å². The van der Waals surface area contributed by atoms with Crippen molar-refractivity contribution in [3.8, 4) is 0 Å². The number of nitrogens with one attached hydrogen (secondary N) is 1. The van der Waals surface area contributed by atoms with E-state index in [9.17, 15) is 13.2 Å². The lowest BCUT2D eigenvalue weighted by Crippen LogP contribution is -2.14. The molecule has 8 nitrogen and oxygen atoms in total. The van der Waals surface area contributed by atoms with Gasteiger partial charge in [0.05, 0.1) is 11.9 Å².